The number of nitrogens with zero attached hydrogens (tertiary/aromatic N) is 1. The first kappa shape index (κ1) is 21.8. The molecule has 1 unspecified atom stereocenters. The van der Waals surface area contributed by atoms with Crippen molar-refractivity contribution in [1.29, 1.82) is 0 Å². The maximum Gasteiger partial charge on any atom is 0.407 e. The first-order valence-corrected chi connectivity index (χ1v) is 9.86. The predicted molar refractivity (Wildman–Crippen MR) is 106 cm³/mol. The van der Waals surface area contributed by atoms with Crippen LogP contribution in [-0.2, 0) is 20.8 Å². The topological polar surface area (TPSA) is 86.8 Å². The number of carbonyl (C=O) groups is 2. The van der Waals surface area contributed by atoms with Crippen LogP contribution < -0.4 is 5.32 Å². The number of hydrogen-bond acceptors (Lipinski definition) is 7. The molecule has 0 saturated carbocycles. The monoisotopic (exact) mass is 406 g/mol. The molecular weight excluding hydrogens is 380 g/mol. The lowest BCUT2D eigenvalue weighted by Gasteiger charge is -2.25. The van der Waals surface area contributed by atoms with Crippen molar-refractivity contribution in [3.63, 3.8) is 0 Å². The first-order valence-electron chi connectivity index (χ1n) is 8.98. The highest BCUT2D eigenvalue weighted by molar-refractivity contribution is 7.09. The SMILES string of the molecule is COC(=O)c1csc(C(C[C@@H](NC(=O)OCc2ccccc2)C(C)C)OC)n1. The molecule has 1 amide bonds. The van der Waals surface area contributed by atoms with Crippen molar-refractivity contribution in [3.05, 3.63) is 52.0 Å². The molecule has 1 heterocycles. The van der Waals surface area contributed by atoms with E-state index < -0.39 is 12.1 Å². The first-order chi connectivity index (χ1) is 13.4. The molecule has 0 aliphatic rings. The third-order valence-electron chi connectivity index (χ3n) is 4.27. The van der Waals surface area contributed by atoms with Gasteiger partial charge in [-0.3, -0.25) is 0 Å². The fourth-order valence-electron chi connectivity index (χ4n) is 2.58. The van der Waals surface area contributed by atoms with Crippen molar-refractivity contribution in [2.75, 3.05) is 14.2 Å². The second-order valence-electron chi connectivity index (χ2n) is 6.58. The Labute approximate surface area is 169 Å². The lowest BCUT2D eigenvalue weighted by atomic mass is 9.98. The normalized spacial score (nSPS) is 13.0. The third kappa shape index (κ3) is 6.31. The van der Waals surface area contributed by atoms with E-state index in [1.54, 1.807) is 12.5 Å². The molecule has 2 aromatic rings. The van der Waals surface area contributed by atoms with E-state index >= 15 is 0 Å². The summed E-state index contributed by atoms with van der Waals surface area (Å²) in [6.07, 6.45) is -0.333. The number of amides is 1. The number of methoxy groups -OCH3 is 2. The molecule has 2 rings (SSSR count). The number of hydrogen-bond donors (Lipinski definition) is 1. The number of ether oxygens (including phenoxy) is 3. The van der Waals surface area contributed by atoms with Gasteiger partial charge in [-0.05, 0) is 11.5 Å². The Hall–Kier alpha value is -2.45. The van der Waals surface area contributed by atoms with Gasteiger partial charge in [0.15, 0.2) is 5.69 Å². The number of rotatable bonds is 9. The van der Waals surface area contributed by atoms with Gasteiger partial charge in [-0.25, -0.2) is 14.6 Å². The van der Waals surface area contributed by atoms with Gasteiger partial charge in [0.05, 0.1) is 7.11 Å². The number of alkyl carbamates (subject to hydrolysis) is 1. The van der Waals surface area contributed by atoms with Crippen LogP contribution in [0, 0.1) is 5.92 Å². The molecule has 152 valence electrons. The zero-order valence-corrected chi connectivity index (χ0v) is 17.3. The number of thiazole rings is 1. The molecule has 0 spiro atoms. The van der Waals surface area contributed by atoms with Crippen LogP contribution in [-0.4, -0.2) is 37.3 Å². The minimum Gasteiger partial charge on any atom is -0.464 e. The van der Waals surface area contributed by atoms with Gasteiger partial charge in [0.25, 0.3) is 0 Å². The van der Waals surface area contributed by atoms with Crippen LogP contribution in [0.3, 0.4) is 0 Å². The Morgan fingerprint density at radius 2 is 1.89 bits per heavy atom. The summed E-state index contributed by atoms with van der Waals surface area (Å²) >= 11 is 1.33. The van der Waals surface area contributed by atoms with Crippen LogP contribution in [0.2, 0.25) is 0 Å². The summed E-state index contributed by atoms with van der Waals surface area (Å²) in [6, 6.07) is 9.32. The van der Waals surface area contributed by atoms with E-state index in [0.717, 1.165) is 5.56 Å². The van der Waals surface area contributed by atoms with Crippen molar-refractivity contribution >= 4 is 23.4 Å². The summed E-state index contributed by atoms with van der Waals surface area (Å²) in [4.78, 5) is 28.1. The molecular formula is C20H26N2O5S. The van der Waals surface area contributed by atoms with Gasteiger partial charge in [0, 0.05) is 25.0 Å². The summed E-state index contributed by atoms with van der Waals surface area (Å²) in [5, 5.41) is 5.20. The number of aromatic nitrogens is 1. The second kappa shape index (κ2) is 10.8. The molecule has 0 fully saturated rings. The van der Waals surface area contributed by atoms with Gasteiger partial charge < -0.3 is 19.5 Å². The summed E-state index contributed by atoms with van der Waals surface area (Å²) in [5.41, 5.74) is 1.17. The number of nitrogens with one attached hydrogen (secondary N) is 1. The Kier molecular flexibility index (Phi) is 8.41. The van der Waals surface area contributed by atoms with Crippen molar-refractivity contribution < 1.29 is 23.8 Å². The van der Waals surface area contributed by atoms with Crippen LogP contribution in [0.4, 0.5) is 4.79 Å². The van der Waals surface area contributed by atoms with Crippen LogP contribution in [0.15, 0.2) is 35.7 Å². The highest BCUT2D eigenvalue weighted by Crippen LogP contribution is 2.27. The van der Waals surface area contributed by atoms with Gasteiger partial charge in [-0.2, -0.15) is 0 Å². The van der Waals surface area contributed by atoms with Gasteiger partial charge in [-0.15, -0.1) is 11.3 Å². The Balaban J connectivity index is 1.97. The van der Waals surface area contributed by atoms with Crippen molar-refractivity contribution in [2.24, 2.45) is 5.92 Å². The molecule has 0 radical (unpaired) electrons. The van der Waals surface area contributed by atoms with E-state index in [2.05, 4.69) is 15.0 Å². The van der Waals surface area contributed by atoms with E-state index in [1.165, 1.54) is 18.4 Å². The van der Waals surface area contributed by atoms with Crippen LogP contribution in [0.5, 0.6) is 0 Å². The van der Waals surface area contributed by atoms with Crippen LogP contribution in [0.1, 0.15) is 47.4 Å². The summed E-state index contributed by atoms with van der Waals surface area (Å²) in [5.74, 6) is -0.331. The zero-order valence-electron chi connectivity index (χ0n) is 16.5. The van der Waals surface area contributed by atoms with E-state index in [1.807, 2.05) is 44.2 Å². The lowest BCUT2D eigenvalue weighted by Crippen LogP contribution is -2.40. The van der Waals surface area contributed by atoms with Crippen LogP contribution in [0.25, 0.3) is 0 Å². The Bertz CT molecular complexity index is 763. The van der Waals surface area contributed by atoms with E-state index in [-0.39, 0.29) is 30.4 Å². The van der Waals surface area contributed by atoms with Gasteiger partial charge in [-0.1, -0.05) is 44.2 Å². The van der Waals surface area contributed by atoms with Gasteiger partial charge in [0.2, 0.25) is 0 Å². The number of esters is 1. The maximum atomic E-state index is 12.2. The maximum absolute atomic E-state index is 12.2. The molecule has 0 aliphatic carbocycles. The number of benzene rings is 1. The molecule has 7 nitrogen and oxygen atoms in total. The fraction of sp³-hybridized carbons (Fsp3) is 0.450. The largest absolute Gasteiger partial charge is 0.464 e. The second-order valence-corrected chi connectivity index (χ2v) is 7.47. The summed E-state index contributed by atoms with van der Waals surface area (Å²) in [7, 11) is 2.89. The van der Waals surface area contributed by atoms with Crippen molar-refractivity contribution in [1.82, 2.24) is 10.3 Å². The Morgan fingerprint density at radius 1 is 1.18 bits per heavy atom. The average Bonchev–Trinajstić information content (AvgIpc) is 3.19. The molecule has 28 heavy (non-hydrogen) atoms. The Morgan fingerprint density at radius 3 is 2.50 bits per heavy atom. The molecule has 2 atom stereocenters. The highest BCUT2D eigenvalue weighted by atomic mass is 32.1. The zero-order chi connectivity index (χ0) is 20.5. The molecule has 0 aliphatic heterocycles. The van der Waals surface area contributed by atoms with E-state index in [0.29, 0.717) is 11.4 Å². The fourth-order valence-corrected chi connectivity index (χ4v) is 3.45. The molecule has 0 bridgehead atoms. The molecule has 1 aromatic carbocycles. The highest BCUT2D eigenvalue weighted by Gasteiger charge is 2.25. The van der Waals surface area contributed by atoms with Crippen molar-refractivity contribution in [2.45, 2.75) is 39.0 Å². The smallest absolute Gasteiger partial charge is 0.407 e. The van der Waals surface area contributed by atoms with Crippen molar-refractivity contribution in [3.8, 4) is 0 Å². The predicted octanol–water partition coefficient (Wildman–Crippen LogP) is 3.96. The minimum atomic E-state index is -0.486. The molecule has 0 saturated heterocycles. The van der Waals surface area contributed by atoms with Gasteiger partial charge in [0.1, 0.15) is 17.7 Å². The van der Waals surface area contributed by atoms with Gasteiger partial charge >= 0.3 is 12.1 Å². The third-order valence-corrected chi connectivity index (χ3v) is 5.20. The lowest BCUT2D eigenvalue weighted by molar-refractivity contribution is 0.0591. The van der Waals surface area contributed by atoms with Crippen LogP contribution >= 0.6 is 11.3 Å². The van der Waals surface area contributed by atoms with E-state index in [4.69, 9.17) is 9.47 Å². The van der Waals surface area contributed by atoms with E-state index in [9.17, 15) is 9.59 Å². The standard InChI is InChI=1S/C20H26N2O5S/c1-13(2)15(22-20(24)27-11-14-8-6-5-7-9-14)10-17(25-3)18-21-16(12-28-18)19(23)26-4/h5-9,12-13,15,17H,10-11H2,1-4H3,(H,22,24)/t15-,17?/m1/s1. The molecule has 8 heteroatoms. The number of carbonyl (C=O) groups excluding carboxylic acids is 2. The quantitative estimate of drug-likeness (QED) is 0.635. The summed E-state index contributed by atoms with van der Waals surface area (Å²) < 4.78 is 15.6. The summed E-state index contributed by atoms with van der Waals surface area (Å²) in [6.45, 7) is 4.23. The average molecular weight is 407 g/mol. The minimum absolute atomic E-state index is 0.155. The molecule has 1 N–H and O–H groups in total. The molecule has 1 aromatic heterocycles.